The van der Waals surface area contributed by atoms with E-state index in [9.17, 15) is 13.2 Å². The molecular weight excluding hydrogens is 290 g/mol. The lowest BCUT2D eigenvalue weighted by atomic mass is 10.5. The van der Waals surface area contributed by atoms with Crippen molar-refractivity contribution < 1.29 is 18.3 Å². The van der Waals surface area contributed by atoms with Gasteiger partial charge < -0.3 is 9.67 Å². The van der Waals surface area contributed by atoms with Gasteiger partial charge in [-0.3, -0.25) is 0 Å². The standard InChI is InChI=1S/C10H11N3O4S2/c14-9(15)8-10(18-7-11-8)19(16,17)12-3-6-13-4-1-2-5-13/h1-2,4-5,7,12H,3,6H2,(H,14,15). The molecule has 0 aliphatic carbocycles. The van der Waals surface area contributed by atoms with E-state index in [0.29, 0.717) is 6.54 Å². The highest BCUT2D eigenvalue weighted by Gasteiger charge is 2.25. The summed E-state index contributed by atoms with van der Waals surface area (Å²) in [6.45, 7) is 0.640. The number of nitrogens with one attached hydrogen (secondary N) is 1. The van der Waals surface area contributed by atoms with Crippen molar-refractivity contribution in [1.29, 1.82) is 0 Å². The lowest BCUT2D eigenvalue weighted by Gasteiger charge is -2.06. The second kappa shape index (κ2) is 5.51. The van der Waals surface area contributed by atoms with E-state index < -0.39 is 21.7 Å². The number of thiazole rings is 1. The molecule has 102 valence electrons. The SMILES string of the molecule is O=C(O)c1ncsc1S(=O)(=O)NCCn1cccc1. The predicted octanol–water partition coefficient (Wildman–Crippen LogP) is 0.621. The van der Waals surface area contributed by atoms with Crippen LogP contribution in [0.1, 0.15) is 10.5 Å². The fourth-order valence-electron chi connectivity index (χ4n) is 1.46. The van der Waals surface area contributed by atoms with Crippen LogP contribution in [0.25, 0.3) is 0 Å². The van der Waals surface area contributed by atoms with E-state index in [-0.39, 0.29) is 10.8 Å². The fraction of sp³-hybridized carbons (Fsp3) is 0.200. The van der Waals surface area contributed by atoms with Crippen LogP contribution >= 0.6 is 11.3 Å². The Bertz CT molecular complexity index is 661. The zero-order chi connectivity index (χ0) is 13.9. The third-order valence-electron chi connectivity index (χ3n) is 2.31. The summed E-state index contributed by atoms with van der Waals surface area (Å²) in [6.07, 6.45) is 3.62. The van der Waals surface area contributed by atoms with E-state index in [1.54, 1.807) is 0 Å². The largest absolute Gasteiger partial charge is 0.476 e. The number of carboxylic acids is 1. The fourth-order valence-corrected chi connectivity index (χ4v) is 3.67. The maximum atomic E-state index is 11.9. The van der Waals surface area contributed by atoms with Crippen molar-refractivity contribution >= 4 is 27.3 Å². The molecule has 0 saturated carbocycles. The lowest BCUT2D eigenvalue weighted by Crippen LogP contribution is -2.27. The molecule has 0 fully saturated rings. The Hall–Kier alpha value is -1.71. The number of aromatic carboxylic acids is 1. The summed E-state index contributed by atoms with van der Waals surface area (Å²) in [4.78, 5) is 14.4. The van der Waals surface area contributed by atoms with Crippen molar-refractivity contribution in [3.63, 3.8) is 0 Å². The summed E-state index contributed by atoms with van der Waals surface area (Å²) in [5.41, 5.74) is 0.753. The highest BCUT2D eigenvalue weighted by Crippen LogP contribution is 2.19. The Morgan fingerprint density at radius 1 is 1.42 bits per heavy atom. The Kier molecular flexibility index (Phi) is 3.98. The summed E-state index contributed by atoms with van der Waals surface area (Å²) in [5, 5.41) is 8.84. The minimum atomic E-state index is -3.83. The Labute approximate surface area is 113 Å². The normalized spacial score (nSPS) is 11.6. The first-order chi connectivity index (χ1) is 9.00. The van der Waals surface area contributed by atoms with Gasteiger partial charge in [-0.25, -0.2) is 22.9 Å². The number of hydrogen-bond donors (Lipinski definition) is 2. The van der Waals surface area contributed by atoms with Gasteiger partial charge in [-0.05, 0) is 12.1 Å². The first-order valence-electron chi connectivity index (χ1n) is 5.28. The number of rotatable bonds is 6. The molecular formula is C10H11N3O4S2. The number of aromatic nitrogens is 2. The van der Waals surface area contributed by atoms with Crippen LogP contribution in [-0.4, -0.2) is 35.6 Å². The molecule has 0 unspecified atom stereocenters. The van der Waals surface area contributed by atoms with E-state index in [1.165, 1.54) is 5.51 Å². The second-order valence-corrected chi connectivity index (χ2v) is 6.43. The number of hydrogen-bond acceptors (Lipinski definition) is 5. The third-order valence-corrected chi connectivity index (χ3v) is 5.14. The Morgan fingerprint density at radius 2 is 2.11 bits per heavy atom. The van der Waals surface area contributed by atoms with Crippen molar-refractivity contribution in [2.24, 2.45) is 0 Å². The van der Waals surface area contributed by atoms with Crippen LogP contribution in [0.5, 0.6) is 0 Å². The molecule has 0 bridgehead atoms. The van der Waals surface area contributed by atoms with Gasteiger partial charge in [0.1, 0.15) is 0 Å². The van der Waals surface area contributed by atoms with Crippen LogP contribution in [-0.2, 0) is 16.6 Å². The average Bonchev–Trinajstić information content (AvgIpc) is 2.99. The molecule has 0 aromatic carbocycles. The number of carboxylic acid groups (broad SMARTS) is 1. The molecule has 2 rings (SSSR count). The van der Waals surface area contributed by atoms with Gasteiger partial charge in [-0.15, -0.1) is 11.3 Å². The second-order valence-electron chi connectivity index (χ2n) is 3.61. The van der Waals surface area contributed by atoms with E-state index >= 15 is 0 Å². The van der Waals surface area contributed by atoms with Crippen molar-refractivity contribution in [2.75, 3.05) is 6.54 Å². The molecule has 2 aromatic rings. The third kappa shape index (κ3) is 3.19. The summed E-state index contributed by atoms with van der Waals surface area (Å²) < 4.78 is 27.8. The van der Waals surface area contributed by atoms with Gasteiger partial charge in [0.2, 0.25) is 0 Å². The average molecular weight is 301 g/mol. The first-order valence-corrected chi connectivity index (χ1v) is 7.64. The highest BCUT2D eigenvalue weighted by atomic mass is 32.2. The minimum Gasteiger partial charge on any atom is -0.476 e. The molecule has 0 aliphatic heterocycles. The smallest absolute Gasteiger partial charge is 0.356 e. The van der Waals surface area contributed by atoms with Gasteiger partial charge in [0.25, 0.3) is 10.0 Å². The first kappa shape index (κ1) is 13.7. The molecule has 0 radical (unpaired) electrons. The van der Waals surface area contributed by atoms with Gasteiger partial charge in [-0.1, -0.05) is 0 Å². The Morgan fingerprint density at radius 3 is 2.74 bits per heavy atom. The highest BCUT2D eigenvalue weighted by molar-refractivity contribution is 7.91. The van der Waals surface area contributed by atoms with E-state index in [0.717, 1.165) is 11.3 Å². The van der Waals surface area contributed by atoms with Gasteiger partial charge in [-0.2, -0.15) is 0 Å². The molecule has 9 heteroatoms. The predicted molar refractivity (Wildman–Crippen MR) is 68.7 cm³/mol. The summed E-state index contributed by atoms with van der Waals surface area (Å²) in [6, 6.07) is 3.67. The molecule has 7 nitrogen and oxygen atoms in total. The van der Waals surface area contributed by atoms with Gasteiger partial charge in [0, 0.05) is 25.5 Å². The van der Waals surface area contributed by atoms with Crippen LogP contribution in [0.4, 0.5) is 0 Å². The zero-order valence-electron chi connectivity index (χ0n) is 9.68. The lowest BCUT2D eigenvalue weighted by molar-refractivity contribution is 0.0687. The van der Waals surface area contributed by atoms with Gasteiger partial charge >= 0.3 is 5.97 Å². The minimum absolute atomic E-state index is 0.175. The maximum Gasteiger partial charge on any atom is 0.356 e. The zero-order valence-corrected chi connectivity index (χ0v) is 11.3. The van der Waals surface area contributed by atoms with E-state index in [1.807, 2.05) is 29.1 Å². The van der Waals surface area contributed by atoms with Crippen molar-refractivity contribution in [2.45, 2.75) is 10.8 Å². The number of sulfonamides is 1. The van der Waals surface area contributed by atoms with Crippen molar-refractivity contribution in [3.8, 4) is 0 Å². The van der Waals surface area contributed by atoms with E-state index in [4.69, 9.17) is 5.11 Å². The van der Waals surface area contributed by atoms with Crippen molar-refractivity contribution in [3.05, 3.63) is 35.7 Å². The molecule has 0 aliphatic rings. The topological polar surface area (TPSA) is 101 Å². The van der Waals surface area contributed by atoms with Crippen LogP contribution in [0.3, 0.4) is 0 Å². The van der Waals surface area contributed by atoms with Crippen LogP contribution in [0.15, 0.2) is 34.2 Å². The molecule has 0 amide bonds. The summed E-state index contributed by atoms with van der Waals surface area (Å²) in [7, 11) is -3.83. The molecule has 0 spiro atoms. The summed E-state index contributed by atoms with van der Waals surface area (Å²) >= 11 is 0.784. The van der Waals surface area contributed by atoms with E-state index in [2.05, 4.69) is 9.71 Å². The summed E-state index contributed by atoms with van der Waals surface area (Å²) in [5.74, 6) is -1.35. The maximum absolute atomic E-state index is 11.9. The number of carbonyl (C=O) groups is 1. The van der Waals surface area contributed by atoms with Gasteiger partial charge in [0.05, 0.1) is 5.51 Å². The van der Waals surface area contributed by atoms with Crippen LogP contribution < -0.4 is 4.72 Å². The van der Waals surface area contributed by atoms with Crippen LogP contribution in [0.2, 0.25) is 0 Å². The molecule has 19 heavy (non-hydrogen) atoms. The quantitative estimate of drug-likeness (QED) is 0.814. The van der Waals surface area contributed by atoms with Crippen molar-refractivity contribution in [1.82, 2.24) is 14.3 Å². The van der Waals surface area contributed by atoms with Crippen LogP contribution in [0, 0.1) is 0 Å². The van der Waals surface area contributed by atoms with Gasteiger partial charge in [0.15, 0.2) is 9.90 Å². The molecule has 0 atom stereocenters. The monoisotopic (exact) mass is 301 g/mol. The molecule has 2 aromatic heterocycles. The molecule has 2 N–H and O–H groups in total. The molecule has 0 saturated heterocycles. The molecule has 2 heterocycles. The number of nitrogens with zero attached hydrogens (tertiary/aromatic N) is 2. The Balaban J connectivity index is 2.06.